The molecule has 6 nitrogen and oxygen atoms in total. The van der Waals surface area contributed by atoms with Gasteiger partial charge in [0.2, 0.25) is 0 Å². The molecule has 1 fully saturated rings. The van der Waals surface area contributed by atoms with Crippen LogP contribution in [-0.4, -0.2) is 53.5 Å². The molecule has 146 valence electrons. The molecule has 2 amide bonds. The van der Waals surface area contributed by atoms with Crippen LogP contribution < -0.4 is 9.47 Å². The molecule has 2 rings (SSSR count). The summed E-state index contributed by atoms with van der Waals surface area (Å²) in [5, 5.41) is 0.508. The van der Waals surface area contributed by atoms with E-state index in [0.29, 0.717) is 28.7 Å². The Kier molecular flexibility index (Phi) is 6.84. The Hall–Kier alpha value is -2.12. The van der Waals surface area contributed by atoms with Gasteiger partial charge in [0.15, 0.2) is 16.6 Å². The first kappa shape index (κ1) is 21.2. The fourth-order valence-electron chi connectivity index (χ4n) is 2.47. The highest BCUT2D eigenvalue weighted by Crippen LogP contribution is 2.38. The SMILES string of the molecule is CCOc1cc(C=C2C(=O)N(C)C(=S)N(C)C2=O)cc(Cl)c1O[C@@H](C)CC. The third kappa shape index (κ3) is 4.42. The maximum absolute atomic E-state index is 12.5. The molecular formula is C19H23ClN2O4S. The molecule has 0 aromatic heterocycles. The summed E-state index contributed by atoms with van der Waals surface area (Å²) in [7, 11) is 3.06. The van der Waals surface area contributed by atoms with Gasteiger partial charge in [-0.05, 0) is 56.3 Å². The molecule has 27 heavy (non-hydrogen) atoms. The smallest absolute Gasteiger partial charge is 0.265 e. The fraction of sp³-hybridized carbons (Fsp3) is 0.421. The summed E-state index contributed by atoms with van der Waals surface area (Å²) in [5.41, 5.74) is 0.564. The number of carbonyl (C=O) groups excluding carboxylic acids is 2. The van der Waals surface area contributed by atoms with Gasteiger partial charge in [0.1, 0.15) is 5.57 Å². The zero-order valence-corrected chi connectivity index (χ0v) is 17.6. The number of amides is 2. The van der Waals surface area contributed by atoms with E-state index in [1.165, 1.54) is 30.0 Å². The quantitative estimate of drug-likeness (QED) is 0.408. The Balaban J connectivity index is 2.49. The Morgan fingerprint density at radius 1 is 1.19 bits per heavy atom. The molecule has 1 heterocycles. The third-order valence-electron chi connectivity index (χ3n) is 4.18. The molecule has 1 atom stereocenters. The van der Waals surface area contributed by atoms with Gasteiger partial charge in [-0.1, -0.05) is 18.5 Å². The summed E-state index contributed by atoms with van der Waals surface area (Å²) < 4.78 is 11.5. The molecule has 0 aliphatic carbocycles. The van der Waals surface area contributed by atoms with Gasteiger partial charge in [0, 0.05) is 14.1 Å². The van der Waals surface area contributed by atoms with E-state index in [4.69, 9.17) is 33.3 Å². The van der Waals surface area contributed by atoms with Crippen LogP contribution in [0.5, 0.6) is 11.5 Å². The number of carbonyl (C=O) groups is 2. The van der Waals surface area contributed by atoms with Crippen molar-refractivity contribution in [2.45, 2.75) is 33.3 Å². The number of rotatable bonds is 6. The summed E-state index contributed by atoms with van der Waals surface area (Å²) in [6, 6.07) is 3.34. The van der Waals surface area contributed by atoms with Crippen LogP contribution in [0.4, 0.5) is 0 Å². The van der Waals surface area contributed by atoms with Crippen LogP contribution in [0.3, 0.4) is 0 Å². The molecule has 0 unspecified atom stereocenters. The molecule has 0 N–H and O–H groups in total. The number of likely N-dealkylation sites (N-methyl/N-ethyl adjacent to an activating group) is 2. The van der Waals surface area contributed by atoms with Crippen molar-refractivity contribution in [2.75, 3.05) is 20.7 Å². The second-order valence-electron chi connectivity index (χ2n) is 6.17. The Morgan fingerprint density at radius 2 is 1.78 bits per heavy atom. The van der Waals surface area contributed by atoms with E-state index >= 15 is 0 Å². The first-order valence-electron chi connectivity index (χ1n) is 8.65. The summed E-state index contributed by atoms with van der Waals surface area (Å²) in [5.74, 6) is -0.00829. The summed E-state index contributed by atoms with van der Waals surface area (Å²) in [6.07, 6.45) is 2.27. The summed E-state index contributed by atoms with van der Waals surface area (Å²) >= 11 is 11.5. The molecule has 1 aromatic rings. The highest BCUT2D eigenvalue weighted by Gasteiger charge is 2.35. The molecule has 1 saturated heterocycles. The number of thiocarbonyl (C=S) groups is 1. The monoisotopic (exact) mass is 410 g/mol. The van der Waals surface area contributed by atoms with Crippen LogP contribution in [0.1, 0.15) is 32.8 Å². The van der Waals surface area contributed by atoms with Gasteiger partial charge < -0.3 is 9.47 Å². The van der Waals surface area contributed by atoms with Crippen LogP contribution in [0, 0.1) is 0 Å². The molecule has 1 aliphatic rings. The summed E-state index contributed by atoms with van der Waals surface area (Å²) in [4.78, 5) is 27.5. The van der Waals surface area contributed by atoms with Gasteiger partial charge in [-0.2, -0.15) is 0 Å². The van der Waals surface area contributed by atoms with E-state index in [9.17, 15) is 9.59 Å². The van der Waals surface area contributed by atoms with E-state index in [0.717, 1.165) is 6.42 Å². The molecule has 0 bridgehead atoms. The number of hydrogen-bond acceptors (Lipinski definition) is 5. The van der Waals surface area contributed by atoms with Crippen molar-refractivity contribution >= 4 is 46.8 Å². The maximum Gasteiger partial charge on any atom is 0.265 e. The Morgan fingerprint density at radius 3 is 2.30 bits per heavy atom. The predicted octanol–water partition coefficient (Wildman–Crippen LogP) is 3.51. The Bertz CT molecular complexity index is 783. The van der Waals surface area contributed by atoms with Crippen LogP contribution in [0.2, 0.25) is 5.02 Å². The lowest BCUT2D eigenvalue weighted by Gasteiger charge is -2.31. The minimum absolute atomic E-state index is 0.00251. The van der Waals surface area contributed by atoms with E-state index < -0.39 is 11.8 Å². The van der Waals surface area contributed by atoms with Gasteiger partial charge >= 0.3 is 0 Å². The number of ether oxygens (including phenoxy) is 2. The zero-order chi connectivity index (χ0) is 20.3. The average Bonchev–Trinajstić information content (AvgIpc) is 2.64. The number of nitrogens with zero attached hydrogens (tertiary/aromatic N) is 2. The molecule has 0 spiro atoms. The van der Waals surface area contributed by atoms with Crippen LogP contribution in [0.25, 0.3) is 6.08 Å². The standard InChI is InChI=1S/C19H23ClN2O4S/c1-6-11(3)26-16-14(20)9-12(10-15(16)25-7-2)8-13-17(23)21(4)19(27)22(5)18(13)24/h8-11H,6-7H2,1-5H3/t11-/m0/s1. The van der Waals surface area contributed by atoms with Crippen molar-refractivity contribution < 1.29 is 19.1 Å². The van der Waals surface area contributed by atoms with Gasteiger partial charge in [-0.15, -0.1) is 0 Å². The molecule has 0 saturated carbocycles. The average molecular weight is 411 g/mol. The second kappa shape index (κ2) is 8.71. The first-order valence-corrected chi connectivity index (χ1v) is 9.44. The van der Waals surface area contributed by atoms with Crippen molar-refractivity contribution in [1.29, 1.82) is 0 Å². The van der Waals surface area contributed by atoms with Gasteiger partial charge in [-0.25, -0.2) is 0 Å². The van der Waals surface area contributed by atoms with Gasteiger partial charge in [-0.3, -0.25) is 19.4 Å². The van der Waals surface area contributed by atoms with Crippen LogP contribution in [0.15, 0.2) is 17.7 Å². The molecule has 0 radical (unpaired) electrons. The largest absolute Gasteiger partial charge is 0.490 e. The van der Waals surface area contributed by atoms with Crippen LogP contribution in [-0.2, 0) is 9.59 Å². The first-order chi connectivity index (χ1) is 12.7. The van der Waals surface area contributed by atoms with Crippen molar-refractivity contribution in [3.8, 4) is 11.5 Å². The second-order valence-corrected chi connectivity index (χ2v) is 6.94. The predicted molar refractivity (Wildman–Crippen MR) is 109 cm³/mol. The van der Waals surface area contributed by atoms with Crippen molar-refractivity contribution in [3.05, 3.63) is 28.3 Å². The number of hydrogen-bond donors (Lipinski definition) is 0. The molecule has 1 aliphatic heterocycles. The molecule has 8 heteroatoms. The third-order valence-corrected chi connectivity index (χ3v) is 5.01. The Labute approximate surface area is 169 Å². The number of benzene rings is 1. The highest BCUT2D eigenvalue weighted by molar-refractivity contribution is 7.80. The zero-order valence-electron chi connectivity index (χ0n) is 16.0. The topological polar surface area (TPSA) is 59.1 Å². The van der Waals surface area contributed by atoms with E-state index in [1.54, 1.807) is 12.1 Å². The van der Waals surface area contributed by atoms with Crippen molar-refractivity contribution in [2.24, 2.45) is 0 Å². The fourth-order valence-corrected chi connectivity index (χ4v) is 2.90. The van der Waals surface area contributed by atoms with E-state index in [-0.39, 0.29) is 16.8 Å². The lowest BCUT2D eigenvalue weighted by molar-refractivity contribution is -0.132. The van der Waals surface area contributed by atoms with Crippen molar-refractivity contribution in [3.63, 3.8) is 0 Å². The van der Waals surface area contributed by atoms with E-state index in [1.807, 2.05) is 20.8 Å². The molecule has 1 aromatic carbocycles. The van der Waals surface area contributed by atoms with Crippen molar-refractivity contribution in [1.82, 2.24) is 9.80 Å². The molecular weight excluding hydrogens is 388 g/mol. The minimum atomic E-state index is -0.461. The van der Waals surface area contributed by atoms with E-state index in [2.05, 4.69) is 0 Å². The maximum atomic E-state index is 12.5. The highest BCUT2D eigenvalue weighted by atomic mass is 35.5. The minimum Gasteiger partial charge on any atom is -0.490 e. The normalized spacial score (nSPS) is 15.9. The number of halogens is 1. The van der Waals surface area contributed by atoms with Crippen LogP contribution >= 0.6 is 23.8 Å². The summed E-state index contributed by atoms with van der Waals surface area (Å²) in [6.45, 7) is 6.22. The van der Waals surface area contributed by atoms with Gasteiger partial charge in [0.25, 0.3) is 11.8 Å². The van der Waals surface area contributed by atoms with Gasteiger partial charge in [0.05, 0.1) is 17.7 Å². The lowest BCUT2D eigenvalue weighted by atomic mass is 10.1. The lowest BCUT2D eigenvalue weighted by Crippen LogP contribution is -2.52.